The van der Waals surface area contributed by atoms with Crippen molar-refractivity contribution < 1.29 is 4.74 Å². The summed E-state index contributed by atoms with van der Waals surface area (Å²) in [5.41, 5.74) is 4.64. The SMILES string of the molecule is COc1ccc(CCc2cc3nc(C)nc(N4CCCCC4)c3[nH]2)cc1. The molecule has 0 aliphatic carbocycles. The second-order valence-electron chi connectivity index (χ2n) is 7.05. The van der Waals surface area contributed by atoms with Gasteiger partial charge in [0, 0.05) is 18.8 Å². The number of hydrogen-bond donors (Lipinski definition) is 1. The van der Waals surface area contributed by atoms with Crippen LogP contribution in [0.3, 0.4) is 0 Å². The van der Waals surface area contributed by atoms with Crippen molar-refractivity contribution in [2.45, 2.75) is 39.0 Å². The molecule has 1 aromatic carbocycles. The highest BCUT2D eigenvalue weighted by molar-refractivity contribution is 5.87. The summed E-state index contributed by atoms with van der Waals surface area (Å²) in [5.74, 6) is 2.82. The van der Waals surface area contributed by atoms with E-state index < -0.39 is 0 Å². The van der Waals surface area contributed by atoms with Crippen molar-refractivity contribution in [3.05, 3.63) is 47.4 Å². The van der Waals surface area contributed by atoms with Crippen LogP contribution in [-0.4, -0.2) is 35.2 Å². The number of fused-ring (bicyclic) bond motifs is 1. The van der Waals surface area contributed by atoms with E-state index >= 15 is 0 Å². The molecule has 1 aliphatic rings. The van der Waals surface area contributed by atoms with E-state index in [9.17, 15) is 0 Å². The number of aromatic amines is 1. The second kappa shape index (κ2) is 7.36. The average Bonchev–Trinajstić information content (AvgIpc) is 3.09. The summed E-state index contributed by atoms with van der Waals surface area (Å²) in [6.45, 7) is 4.16. The van der Waals surface area contributed by atoms with Crippen LogP contribution < -0.4 is 9.64 Å². The van der Waals surface area contributed by atoms with Gasteiger partial charge < -0.3 is 14.6 Å². The van der Waals surface area contributed by atoms with Gasteiger partial charge in [-0.3, -0.25) is 0 Å². The summed E-state index contributed by atoms with van der Waals surface area (Å²) in [4.78, 5) is 15.4. The van der Waals surface area contributed by atoms with Gasteiger partial charge in [-0.05, 0) is 62.8 Å². The Hall–Kier alpha value is -2.56. The lowest BCUT2D eigenvalue weighted by Crippen LogP contribution is -2.30. The van der Waals surface area contributed by atoms with Crippen LogP contribution in [0.25, 0.3) is 11.0 Å². The molecule has 5 nitrogen and oxygen atoms in total. The summed E-state index contributed by atoms with van der Waals surface area (Å²) in [6, 6.07) is 10.5. The van der Waals surface area contributed by atoms with E-state index in [0.29, 0.717) is 0 Å². The summed E-state index contributed by atoms with van der Waals surface area (Å²) >= 11 is 0. The molecular formula is C21H26N4O. The number of H-pyrrole nitrogens is 1. The van der Waals surface area contributed by atoms with E-state index in [2.05, 4.69) is 33.1 Å². The minimum Gasteiger partial charge on any atom is -0.497 e. The molecule has 1 saturated heterocycles. The van der Waals surface area contributed by atoms with Crippen LogP contribution in [0.1, 0.15) is 36.3 Å². The molecule has 4 rings (SSSR count). The van der Waals surface area contributed by atoms with Crippen LogP contribution in [0.4, 0.5) is 5.82 Å². The molecule has 3 heterocycles. The van der Waals surface area contributed by atoms with Gasteiger partial charge in [0.2, 0.25) is 0 Å². The van der Waals surface area contributed by atoms with Gasteiger partial charge >= 0.3 is 0 Å². The van der Waals surface area contributed by atoms with Crippen molar-refractivity contribution in [3.63, 3.8) is 0 Å². The largest absolute Gasteiger partial charge is 0.497 e. The molecule has 5 heteroatoms. The van der Waals surface area contributed by atoms with E-state index in [1.54, 1.807) is 7.11 Å². The van der Waals surface area contributed by atoms with E-state index in [1.165, 1.54) is 30.5 Å². The van der Waals surface area contributed by atoms with Crippen molar-refractivity contribution >= 4 is 16.9 Å². The fourth-order valence-electron chi connectivity index (χ4n) is 3.71. The number of ether oxygens (including phenoxy) is 1. The van der Waals surface area contributed by atoms with E-state index in [4.69, 9.17) is 9.72 Å². The third-order valence-corrected chi connectivity index (χ3v) is 5.12. The molecule has 1 aliphatic heterocycles. The molecule has 0 atom stereocenters. The Balaban J connectivity index is 1.56. The molecule has 0 amide bonds. The van der Waals surface area contributed by atoms with Crippen molar-refractivity contribution in [2.24, 2.45) is 0 Å². The Bertz CT molecular complexity index is 879. The molecule has 0 spiro atoms. The Morgan fingerprint density at radius 3 is 2.54 bits per heavy atom. The van der Waals surface area contributed by atoms with Gasteiger partial charge in [0.05, 0.1) is 12.6 Å². The molecule has 1 N–H and O–H groups in total. The van der Waals surface area contributed by atoms with Gasteiger partial charge in [0.1, 0.15) is 17.1 Å². The Morgan fingerprint density at radius 2 is 1.81 bits per heavy atom. The molecule has 136 valence electrons. The van der Waals surface area contributed by atoms with Crippen LogP contribution in [0.15, 0.2) is 30.3 Å². The highest BCUT2D eigenvalue weighted by atomic mass is 16.5. The standard InChI is InChI=1S/C21H26N4O/c1-15-22-19-14-17(9-6-16-7-10-18(26-2)11-8-16)24-20(19)21(23-15)25-12-4-3-5-13-25/h7-8,10-11,14,24H,3-6,9,12-13H2,1-2H3. The highest BCUT2D eigenvalue weighted by Crippen LogP contribution is 2.27. The predicted molar refractivity (Wildman–Crippen MR) is 105 cm³/mol. The molecule has 0 saturated carbocycles. The summed E-state index contributed by atoms with van der Waals surface area (Å²) in [7, 11) is 1.70. The van der Waals surface area contributed by atoms with E-state index in [-0.39, 0.29) is 0 Å². The predicted octanol–water partition coefficient (Wildman–Crippen LogP) is 4.05. The quantitative estimate of drug-likeness (QED) is 0.754. The third kappa shape index (κ3) is 3.52. The molecule has 0 radical (unpaired) electrons. The lowest BCUT2D eigenvalue weighted by Gasteiger charge is -2.28. The molecule has 3 aromatic rings. The molecular weight excluding hydrogens is 324 g/mol. The van der Waals surface area contributed by atoms with Crippen molar-refractivity contribution in [2.75, 3.05) is 25.1 Å². The zero-order valence-corrected chi connectivity index (χ0v) is 15.6. The fourth-order valence-corrected chi connectivity index (χ4v) is 3.71. The summed E-state index contributed by atoms with van der Waals surface area (Å²) in [5, 5.41) is 0. The number of nitrogens with one attached hydrogen (secondary N) is 1. The number of aryl methyl sites for hydroxylation is 3. The van der Waals surface area contributed by atoms with E-state index in [0.717, 1.165) is 54.4 Å². The number of anilines is 1. The van der Waals surface area contributed by atoms with Crippen LogP contribution >= 0.6 is 0 Å². The summed E-state index contributed by atoms with van der Waals surface area (Å²) in [6.07, 6.45) is 5.76. The number of hydrogen-bond acceptors (Lipinski definition) is 4. The summed E-state index contributed by atoms with van der Waals surface area (Å²) < 4.78 is 5.23. The smallest absolute Gasteiger partial charge is 0.156 e. The van der Waals surface area contributed by atoms with Crippen LogP contribution in [-0.2, 0) is 12.8 Å². The lowest BCUT2D eigenvalue weighted by molar-refractivity contribution is 0.414. The molecule has 0 bridgehead atoms. The first-order valence-corrected chi connectivity index (χ1v) is 9.47. The lowest BCUT2D eigenvalue weighted by atomic mass is 10.1. The Labute approximate surface area is 154 Å². The maximum Gasteiger partial charge on any atom is 0.156 e. The third-order valence-electron chi connectivity index (χ3n) is 5.12. The van der Waals surface area contributed by atoms with Gasteiger partial charge in [-0.15, -0.1) is 0 Å². The van der Waals surface area contributed by atoms with Crippen LogP contribution in [0.2, 0.25) is 0 Å². The van der Waals surface area contributed by atoms with Gasteiger partial charge in [0.15, 0.2) is 5.82 Å². The maximum atomic E-state index is 5.23. The second-order valence-corrected chi connectivity index (χ2v) is 7.05. The highest BCUT2D eigenvalue weighted by Gasteiger charge is 2.18. The number of piperidine rings is 1. The number of benzene rings is 1. The number of methoxy groups -OCH3 is 1. The maximum absolute atomic E-state index is 5.23. The van der Waals surface area contributed by atoms with Gasteiger partial charge in [-0.2, -0.15) is 0 Å². The van der Waals surface area contributed by atoms with Crippen molar-refractivity contribution in [3.8, 4) is 5.75 Å². The molecule has 2 aromatic heterocycles. The Morgan fingerprint density at radius 1 is 1.04 bits per heavy atom. The molecule has 0 unspecified atom stereocenters. The van der Waals surface area contributed by atoms with Gasteiger partial charge in [-0.1, -0.05) is 12.1 Å². The number of aromatic nitrogens is 3. The minimum absolute atomic E-state index is 0.846. The van der Waals surface area contributed by atoms with E-state index in [1.807, 2.05) is 19.1 Å². The van der Waals surface area contributed by atoms with Crippen molar-refractivity contribution in [1.29, 1.82) is 0 Å². The minimum atomic E-state index is 0.846. The number of rotatable bonds is 5. The zero-order valence-electron chi connectivity index (χ0n) is 15.6. The number of nitrogens with zero attached hydrogens (tertiary/aromatic N) is 3. The van der Waals surface area contributed by atoms with Gasteiger partial charge in [0.25, 0.3) is 0 Å². The molecule has 26 heavy (non-hydrogen) atoms. The van der Waals surface area contributed by atoms with Gasteiger partial charge in [-0.25, -0.2) is 9.97 Å². The first kappa shape index (κ1) is 16.9. The fraction of sp³-hybridized carbons (Fsp3) is 0.429. The average molecular weight is 350 g/mol. The first-order chi connectivity index (χ1) is 12.7. The van der Waals surface area contributed by atoms with Crippen LogP contribution in [0, 0.1) is 6.92 Å². The Kier molecular flexibility index (Phi) is 4.78. The topological polar surface area (TPSA) is 54.0 Å². The monoisotopic (exact) mass is 350 g/mol. The van der Waals surface area contributed by atoms with Crippen molar-refractivity contribution in [1.82, 2.24) is 15.0 Å². The van der Waals surface area contributed by atoms with Crippen LogP contribution in [0.5, 0.6) is 5.75 Å². The normalized spacial score (nSPS) is 14.8. The zero-order chi connectivity index (χ0) is 17.9. The first-order valence-electron chi connectivity index (χ1n) is 9.47. The molecule has 1 fully saturated rings.